The summed E-state index contributed by atoms with van der Waals surface area (Å²) in [5, 5.41) is 4.29. The maximum absolute atomic E-state index is 12.6. The van der Waals surface area contributed by atoms with Crippen LogP contribution >= 0.6 is 15.9 Å². The molecule has 5 heteroatoms. The fourth-order valence-electron chi connectivity index (χ4n) is 4.42. The number of rotatable bonds is 6. The summed E-state index contributed by atoms with van der Waals surface area (Å²) in [6.45, 7) is 2.60. The van der Waals surface area contributed by atoms with E-state index in [0.29, 0.717) is 12.3 Å². The van der Waals surface area contributed by atoms with Gasteiger partial charge in [-0.15, -0.1) is 0 Å². The van der Waals surface area contributed by atoms with Crippen LogP contribution in [0.15, 0.2) is 28.9 Å². The van der Waals surface area contributed by atoms with Gasteiger partial charge in [0.2, 0.25) is 5.91 Å². The van der Waals surface area contributed by atoms with Gasteiger partial charge in [0.25, 0.3) is 0 Å². The SMILES string of the molecule is O=C(CCC1CCCCCC1)Nc1cn(CC2COC2)c2cccc(Br)c12. The van der Waals surface area contributed by atoms with Crippen LogP contribution in [0.25, 0.3) is 10.9 Å². The lowest BCUT2D eigenvalue weighted by molar-refractivity contribution is -0.116. The Morgan fingerprint density at radius 1 is 1.15 bits per heavy atom. The monoisotopic (exact) mass is 432 g/mol. The van der Waals surface area contributed by atoms with E-state index in [1.165, 1.54) is 38.5 Å². The van der Waals surface area contributed by atoms with Gasteiger partial charge in [0, 0.05) is 34.9 Å². The normalized spacial score (nSPS) is 19.0. The van der Waals surface area contributed by atoms with E-state index >= 15 is 0 Å². The van der Waals surface area contributed by atoms with Crippen molar-refractivity contribution in [3.05, 3.63) is 28.9 Å². The number of hydrogen-bond donors (Lipinski definition) is 1. The van der Waals surface area contributed by atoms with Crippen LogP contribution in [0.5, 0.6) is 0 Å². The molecule has 0 atom stereocenters. The van der Waals surface area contributed by atoms with Gasteiger partial charge in [-0.3, -0.25) is 4.79 Å². The smallest absolute Gasteiger partial charge is 0.224 e. The van der Waals surface area contributed by atoms with Gasteiger partial charge in [0.1, 0.15) is 0 Å². The maximum atomic E-state index is 12.6. The molecule has 1 aliphatic heterocycles. The van der Waals surface area contributed by atoms with Gasteiger partial charge in [-0.25, -0.2) is 0 Å². The topological polar surface area (TPSA) is 43.3 Å². The molecule has 0 radical (unpaired) electrons. The summed E-state index contributed by atoms with van der Waals surface area (Å²) in [7, 11) is 0. The standard InChI is InChI=1S/C22H29BrN2O2/c23-18-8-5-9-20-22(18)19(13-25(20)12-17-14-27-15-17)24-21(26)11-10-16-6-3-1-2-4-7-16/h5,8-9,13,16-17H,1-4,6-7,10-12,14-15H2,(H,24,26). The van der Waals surface area contributed by atoms with Crippen molar-refractivity contribution in [2.75, 3.05) is 18.5 Å². The number of amides is 1. The van der Waals surface area contributed by atoms with Crippen molar-refractivity contribution >= 4 is 38.4 Å². The second-order valence-electron chi connectivity index (χ2n) is 8.18. The third kappa shape index (κ3) is 4.57. The van der Waals surface area contributed by atoms with Gasteiger partial charge in [-0.2, -0.15) is 0 Å². The number of aromatic nitrogens is 1. The molecule has 0 bridgehead atoms. The van der Waals surface area contributed by atoms with Crippen molar-refractivity contribution in [3.63, 3.8) is 0 Å². The van der Waals surface area contributed by atoms with Gasteiger partial charge in [0.15, 0.2) is 0 Å². The minimum atomic E-state index is 0.140. The molecule has 2 fully saturated rings. The van der Waals surface area contributed by atoms with Gasteiger partial charge in [0.05, 0.1) is 24.4 Å². The van der Waals surface area contributed by atoms with Crippen molar-refractivity contribution in [2.45, 2.75) is 57.9 Å². The lowest BCUT2D eigenvalue weighted by atomic mass is 9.95. The number of nitrogens with one attached hydrogen (secondary N) is 1. The third-order valence-electron chi connectivity index (χ3n) is 6.05. The average molecular weight is 433 g/mol. The lowest BCUT2D eigenvalue weighted by Crippen LogP contribution is -2.31. The number of fused-ring (bicyclic) bond motifs is 1. The summed E-state index contributed by atoms with van der Waals surface area (Å²) in [6, 6.07) is 6.22. The van der Waals surface area contributed by atoms with E-state index in [0.717, 1.165) is 53.2 Å². The molecule has 0 spiro atoms. The summed E-state index contributed by atoms with van der Waals surface area (Å²) >= 11 is 3.67. The molecule has 1 N–H and O–H groups in total. The van der Waals surface area contributed by atoms with Gasteiger partial charge >= 0.3 is 0 Å². The van der Waals surface area contributed by atoms with Gasteiger partial charge in [-0.1, -0.05) is 60.5 Å². The first-order chi connectivity index (χ1) is 13.2. The number of nitrogens with zero attached hydrogens (tertiary/aromatic N) is 1. The first-order valence-electron chi connectivity index (χ1n) is 10.4. The van der Waals surface area contributed by atoms with Gasteiger partial charge in [-0.05, 0) is 24.5 Å². The second-order valence-corrected chi connectivity index (χ2v) is 9.03. The third-order valence-corrected chi connectivity index (χ3v) is 6.71. The van der Waals surface area contributed by atoms with Crippen LogP contribution in [0.4, 0.5) is 5.69 Å². The minimum Gasteiger partial charge on any atom is -0.381 e. The van der Waals surface area contributed by atoms with Crippen LogP contribution in [0.2, 0.25) is 0 Å². The van der Waals surface area contributed by atoms with Crippen molar-refractivity contribution in [1.82, 2.24) is 4.57 Å². The largest absolute Gasteiger partial charge is 0.381 e. The Balaban J connectivity index is 1.44. The van der Waals surface area contributed by atoms with E-state index in [1.54, 1.807) is 0 Å². The van der Waals surface area contributed by atoms with Crippen LogP contribution in [-0.4, -0.2) is 23.7 Å². The Labute approximate surface area is 169 Å². The number of halogens is 1. The lowest BCUT2D eigenvalue weighted by Gasteiger charge is -2.26. The van der Waals surface area contributed by atoms with E-state index in [1.807, 2.05) is 6.07 Å². The van der Waals surface area contributed by atoms with Crippen LogP contribution in [0.1, 0.15) is 51.4 Å². The number of anilines is 1. The van der Waals surface area contributed by atoms with E-state index in [-0.39, 0.29) is 5.91 Å². The molecule has 4 rings (SSSR count). The molecule has 2 heterocycles. The summed E-state index contributed by atoms with van der Waals surface area (Å²) in [6.07, 6.45) is 11.7. The predicted molar refractivity (Wildman–Crippen MR) is 113 cm³/mol. The minimum absolute atomic E-state index is 0.140. The zero-order chi connectivity index (χ0) is 18.6. The Morgan fingerprint density at radius 3 is 2.63 bits per heavy atom. The summed E-state index contributed by atoms with van der Waals surface area (Å²) in [4.78, 5) is 12.6. The highest BCUT2D eigenvalue weighted by atomic mass is 79.9. The molecule has 146 valence electrons. The molecule has 1 saturated carbocycles. The van der Waals surface area contributed by atoms with Crippen molar-refractivity contribution in [3.8, 4) is 0 Å². The molecule has 1 saturated heterocycles. The van der Waals surface area contributed by atoms with Crippen molar-refractivity contribution < 1.29 is 9.53 Å². The van der Waals surface area contributed by atoms with E-state index in [9.17, 15) is 4.79 Å². The number of carbonyl (C=O) groups excluding carboxylic acids is 1. The Hall–Kier alpha value is -1.33. The summed E-state index contributed by atoms with van der Waals surface area (Å²) < 4.78 is 8.61. The Bertz CT molecular complexity index is 789. The quantitative estimate of drug-likeness (QED) is 0.591. The zero-order valence-corrected chi connectivity index (χ0v) is 17.5. The fraction of sp³-hybridized carbons (Fsp3) is 0.591. The molecular weight excluding hydrogens is 404 g/mol. The van der Waals surface area contributed by atoms with E-state index in [4.69, 9.17) is 4.74 Å². The molecular formula is C22H29BrN2O2. The van der Waals surface area contributed by atoms with E-state index < -0.39 is 0 Å². The Kier molecular flexibility index (Phi) is 6.18. The summed E-state index contributed by atoms with van der Waals surface area (Å²) in [5.74, 6) is 1.43. The molecule has 1 aromatic heterocycles. The molecule has 0 unspecified atom stereocenters. The first kappa shape index (κ1) is 19.0. The van der Waals surface area contributed by atoms with Crippen LogP contribution in [0, 0.1) is 11.8 Å². The van der Waals surface area contributed by atoms with Crippen LogP contribution in [-0.2, 0) is 16.1 Å². The molecule has 1 aromatic carbocycles. The molecule has 2 aliphatic rings. The summed E-state index contributed by atoms with van der Waals surface area (Å²) in [5.41, 5.74) is 2.08. The molecule has 1 aliphatic carbocycles. The highest BCUT2D eigenvalue weighted by Gasteiger charge is 2.22. The number of benzene rings is 1. The Morgan fingerprint density at radius 2 is 1.93 bits per heavy atom. The molecule has 2 aromatic rings. The highest BCUT2D eigenvalue weighted by Crippen LogP contribution is 2.34. The van der Waals surface area contributed by atoms with Crippen LogP contribution < -0.4 is 5.32 Å². The predicted octanol–water partition coefficient (Wildman–Crippen LogP) is 5.74. The van der Waals surface area contributed by atoms with Crippen molar-refractivity contribution in [1.29, 1.82) is 0 Å². The number of hydrogen-bond acceptors (Lipinski definition) is 2. The first-order valence-corrected chi connectivity index (χ1v) is 11.1. The maximum Gasteiger partial charge on any atom is 0.224 e. The second kappa shape index (κ2) is 8.78. The fourth-order valence-corrected chi connectivity index (χ4v) is 4.99. The van der Waals surface area contributed by atoms with Gasteiger partial charge < -0.3 is 14.6 Å². The number of ether oxygens (including phenoxy) is 1. The molecule has 1 amide bonds. The van der Waals surface area contributed by atoms with E-state index in [2.05, 4.69) is 44.1 Å². The molecule has 4 nitrogen and oxygen atoms in total. The molecule has 27 heavy (non-hydrogen) atoms. The van der Waals surface area contributed by atoms with Crippen LogP contribution in [0.3, 0.4) is 0 Å². The van der Waals surface area contributed by atoms with Crippen molar-refractivity contribution in [2.24, 2.45) is 11.8 Å². The number of carbonyl (C=O) groups is 1. The average Bonchev–Trinajstić information content (AvgIpc) is 2.80. The zero-order valence-electron chi connectivity index (χ0n) is 15.9. The highest BCUT2D eigenvalue weighted by molar-refractivity contribution is 9.10.